The van der Waals surface area contributed by atoms with Crippen molar-refractivity contribution in [2.75, 3.05) is 10.6 Å². The van der Waals surface area contributed by atoms with E-state index in [4.69, 9.17) is 10.5 Å². The molecule has 0 unspecified atom stereocenters. The molecule has 136 valence electrons. The molecule has 2 rings (SSSR count). The monoisotopic (exact) mass is 363 g/mol. The highest BCUT2D eigenvalue weighted by Gasteiger charge is 2.20. The van der Waals surface area contributed by atoms with Crippen LogP contribution < -0.4 is 16.4 Å². The Morgan fingerprint density at radius 2 is 1.81 bits per heavy atom. The van der Waals surface area contributed by atoms with Gasteiger partial charge in [-0.05, 0) is 37.3 Å². The van der Waals surface area contributed by atoms with Gasteiger partial charge in [0, 0.05) is 11.8 Å². The summed E-state index contributed by atoms with van der Waals surface area (Å²) in [5, 5.41) is 4.50. The molecule has 2 aromatic carbocycles. The number of hydrogen-bond acceptors (Lipinski definition) is 4. The molecule has 0 aliphatic carbocycles. The van der Waals surface area contributed by atoms with Crippen LogP contribution in [0, 0.1) is 11.6 Å². The minimum absolute atomic E-state index is 0.0730. The molecular weight excluding hydrogens is 348 g/mol. The second-order valence-corrected chi connectivity index (χ2v) is 5.23. The van der Waals surface area contributed by atoms with Gasteiger partial charge in [0.15, 0.2) is 6.10 Å². The molecule has 26 heavy (non-hydrogen) atoms. The smallest absolute Gasteiger partial charge is 0.338 e. The number of urea groups is 1. The number of benzene rings is 2. The van der Waals surface area contributed by atoms with Gasteiger partial charge < -0.3 is 21.1 Å². The second kappa shape index (κ2) is 8.06. The number of nitrogens with one attached hydrogen (secondary N) is 2. The van der Waals surface area contributed by atoms with Gasteiger partial charge in [-0.25, -0.2) is 18.4 Å². The van der Waals surface area contributed by atoms with E-state index >= 15 is 0 Å². The summed E-state index contributed by atoms with van der Waals surface area (Å²) in [4.78, 5) is 34.9. The summed E-state index contributed by atoms with van der Waals surface area (Å²) in [5.74, 6) is -3.37. The molecular formula is C17H15F2N3O4. The van der Waals surface area contributed by atoms with Crippen molar-refractivity contribution in [1.29, 1.82) is 0 Å². The van der Waals surface area contributed by atoms with E-state index in [1.807, 2.05) is 0 Å². The Morgan fingerprint density at radius 3 is 2.46 bits per heavy atom. The Balaban J connectivity index is 2.01. The van der Waals surface area contributed by atoms with Gasteiger partial charge in [-0.15, -0.1) is 0 Å². The summed E-state index contributed by atoms with van der Waals surface area (Å²) < 4.78 is 31.4. The van der Waals surface area contributed by atoms with Crippen molar-refractivity contribution in [2.45, 2.75) is 13.0 Å². The molecule has 4 N–H and O–H groups in total. The lowest BCUT2D eigenvalue weighted by atomic mass is 10.2. The number of primary amides is 1. The predicted octanol–water partition coefficient (Wildman–Crippen LogP) is 2.64. The van der Waals surface area contributed by atoms with Crippen LogP contribution in [-0.2, 0) is 9.53 Å². The Hall–Kier alpha value is -3.49. The van der Waals surface area contributed by atoms with Crippen LogP contribution in [0.15, 0.2) is 42.5 Å². The van der Waals surface area contributed by atoms with Crippen molar-refractivity contribution in [3.8, 4) is 0 Å². The third-order valence-electron chi connectivity index (χ3n) is 3.21. The molecule has 3 amide bonds. The van der Waals surface area contributed by atoms with Crippen LogP contribution in [0.2, 0.25) is 0 Å². The Kier molecular flexibility index (Phi) is 5.84. The first-order chi connectivity index (χ1) is 12.3. The first-order valence-corrected chi connectivity index (χ1v) is 7.39. The molecule has 0 aliphatic heterocycles. The minimum Gasteiger partial charge on any atom is -0.449 e. The molecule has 1 atom stereocenters. The zero-order chi connectivity index (χ0) is 19.3. The number of ether oxygens (including phenoxy) is 1. The molecule has 2 aromatic rings. The molecule has 7 nitrogen and oxygen atoms in total. The van der Waals surface area contributed by atoms with Crippen LogP contribution in [0.5, 0.6) is 0 Å². The van der Waals surface area contributed by atoms with Crippen LogP contribution in [0.25, 0.3) is 0 Å². The normalized spacial score (nSPS) is 11.3. The van der Waals surface area contributed by atoms with Gasteiger partial charge in [0.2, 0.25) is 0 Å². The zero-order valence-corrected chi connectivity index (χ0v) is 13.6. The molecule has 0 heterocycles. The standard InChI is InChI=1S/C17H15F2N3O4/c1-9(15(23)22-14-6-5-11(18)8-13(14)19)26-16(24)10-3-2-4-12(7-10)21-17(20)25/h2-9H,1H3,(H,22,23)(H3,20,21,25)/t9-/m1/s1. The molecule has 0 bridgehead atoms. The summed E-state index contributed by atoms with van der Waals surface area (Å²) in [6.45, 7) is 1.29. The average Bonchev–Trinajstić information content (AvgIpc) is 2.56. The van der Waals surface area contributed by atoms with Crippen LogP contribution >= 0.6 is 0 Å². The Morgan fingerprint density at radius 1 is 1.08 bits per heavy atom. The maximum atomic E-state index is 13.5. The quantitative estimate of drug-likeness (QED) is 0.709. The van der Waals surface area contributed by atoms with Gasteiger partial charge in [-0.2, -0.15) is 0 Å². The molecule has 9 heteroatoms. The molecule has 0 saturated carbocycles. The number of hydrogen-bond donors (Lipinski definition) is 3. The zero-order valence-electron chi connectivity index (χ0n) is 13.6. The van der Waals surface area contributed by atoms with E-state index in [1.165, 1.54) is 31.2 Å². The number of anilines is 2. The third-order valence-corrected chi connectivity index (χ3v) is 3.21. The first-order valence-electron chi connectivity index (χ1n) is 7.39. The van der Waals surface area contributed by atoms with Crippen molar-refractivity contribution in [2.24, 2.45) is 5.73 Å². The summed E-state index contributed by atoms with van der Waals surface area (Å²) in [6, 6.07) is 7.57. The fourth-order valence-electron chi connectivity index (χ4n) is 1.97. The van der Waals surface area contributed by atoms with E-state index in [1.54, 1.807) is 0 Å². The second-order valence-electron chi connectivity index (χ2n) is 5.23. The number of halogens is 2. The molecule has 0 fully saturated rings. The van der Waals surface area contributed by atoms with Gasteiger partial charge in [-0.3, -0.25) is 4.79 Å². The summed E-state index contributed by atoms with van der Waals surface area (Å²) in [5.41, 5.74) is 5.10. The lowest BCUT2D eigenvalue weighted by Crippen LogP contribution is -2.30. The highest BCUT2D eigenvalue weighted by molar-refractivity contribution is 5.98. The number of rotatable bonds is 5. The molecule has 0 spiro atoms. The molecule has 0 radical (unpaired) electrons. The van der Waals surface area contributed by atoms with Gasteiger partial charge in [0.1, 0.15) is 11.6 Å². The summed E-state index contributed by atoms with van der Waals surface area (Å²) in [7, 11) is 0. The summed E-state index contributed by atoms with van der Waals surface area (Å²) in [6.07, 6.45) is -1.25. The minimum atomic E-state index is -1.25. The highest BCUT2D eigenvalue weighted by Crippen LogP contribution is 2.16. The number of carbonyl (C=O) groups excluding carboxylic acids is 3. The summed E-state index contributed by atoms with van der Waals surface area (Å²) >= 11 is 0. The third kappa shape index (κ3) is 5.00. The van der Waals surface area contributed by atoms with Crippen LogP contribution in [0.1, 0.15) is 17.3 Å². The van der Waals surface area contributed by atoms with Gasteiger partial charge in [0.05, 0.1) is 11.3 Å². The number of nitrogens with two attached hydrogens (primary N) is 1. The van der Waals surface area contributed by atoms with Crippen molar-refractivity contribution in [1.82, 2.24) is 0 Å². The van der Waals surface area contributed by atoms with Crippen molar-refractivity contribution < 1.29 is 27.9 Å². The first kappa shape index (κ1) is 18.8. The fraction of sp³-hybridized carbons (Fsp3) is 0.118. The van der Waals surface area contributed by atoms with E-state index in [0.717, 1.165) is 12.1 Å². The highest BCUT2D eigenvalue weighted by atomic mass is 19.1. The number of carbonyl (C=O) groups is 3. The van der Waals surface area contributed by atoms with Gasteiger partial charge >= 0.3 is 12.0 Å². The van der Waals surface area contributed by atoms with E-state index in [9.17, 15) is 23.2 Å². The fourth-order valence-corrected chi connectivity index (χ4v) is 1.97. The lowest BCUT2D eigenvalue weighted by Gasteiger charge is -2.14. The van der Waals surface area contributed by atoms with Crippen LogP contribution in [-0.4, -0.2) is 24.0 Å². The van der Waals surface area contributed by atoms with E-state index in [-0.39, 0.29) is 16.9 Å². The lowest BCUT2D eigenvalue weighted by molar-refractivity contribution is -0.123. The SMILES string of the molecule is C[C@@H](OC(=O)c1cccc(NC(N)=O)c1)C(=O)Nc1ccc(F)cc1F. The van der Waals surface area contributed by atoms with Crippen LogP contribution in [0.4, 0.5) is 25.0 Å². The largest absolute Gasteiger partial charge is 0.449 e. The van der Waals surface area contributed by atoms with E-state index in [0.29, 0.717) is 6.07 Å². The number of amides is 3. The van der Waals surface area contributed by atoms with Crippen LogP contribution in [0.3, 0.4) is 0 Å². The van der Waals surface area contributed by atoms with Crippen molar-refractivity contribution in [3.05, 3.63) is 59.7 Å². The average molecular weight is 363 g/mol. The Labute approximate surface area is 147 Å². The number of esters is 1. The molecule has 0 aromatic heterocycles. The van der Waals surface area contributed by atoms with Crippen molar-refractivity contribution in [3.63, 3.8) is 0 Å². The van der Waals surface area contributed by atoms with E-state index < -0.39 is 35.6 Å². The maximum absolute atomic E-state index is 13.5. The van der Waals surface area contributed by atoms with E-state index in [2.05, 4.69) is 10.6 Å². The van der Waals surface area contributed by atoms with Gasteiger partial charge in [-0.1, -0.05) is 6.07 Å². The molecule has 0 aliphatic rings. The van der Waals surface area contributed by atoms with Crippen molar-refractivity contribution >= 4 is 29.3 Å². The Bertz CT molecular complexity index is 858. The van der Waals surface area contributed by atoms with Gasteiger partial charge in [0.25, 0.3) is 5.91 Å². The molecule has 0 saturated heterocycles. The predicted molar refractivity (Wildman–Crippen MR) is 89.5 cm³/mol. The maximum Gasteiger partial charge on any atom is 0.338 e. The topological polar surface area (TPSA) is 111 Å².